The fourth-order valence-corrected chi connectivity index (χ4v) is 1.71. The third-order valence-corrected chi connectivity index (χ3v) is 2.53. The third kappa shape index (κ3) is 2.21. The molecule has 16 heavy (non-hydrogen) atoms. The van der Waals surface area contributed by atoms with Gasteiger partial charge in [0.1, 0.15) is 5.78 Å². The highest BCUT2D eigenvalue weighted by atomic mass is 79.9. The lowest BCUT2D eigenvalue weighted by Gasteiger charge is -2.24. The number of carbonyl (C=O) groups is 2. The summed E-state index contributed by atoms with van der Waals surface area (Å²) < 4.78 is 6.16. The zero-order valence-electron chi connectivity index (χ0n) is 8.49. The number of pyridine rings is 1. The van der Waals surface area contributed by atoms with E-state index >= 15 is 0 Å². The maximum absolute atomic E-state index is 11.5. The highest BCUT2D eigenvalue weighted by Crippen LogP contribution is 2.30. The molecule has 1 atom stereocenters. The Kier molecular flexibility index (Phi) is 2.91. The fraction of sp³-hybridized carbons (Fsp3) is 0.300. The van der Waals surface area contributed by atoms with Crippen LogP contribution in [0.3, 0.4) is 0 Å². The van der Waals surface area contributed by atoms with Crippen LogP contribution in [-0.2, 0) is 9.59 Å². The molecule has 0 saturated heterocycles. The monoisotopic (exact) mass is 284 g/mol. The number of anilines is 1. The van der Waals surface area contributed by atoms with E-state index in [0.717, 1.165) is 4.47 Å². The highest BCUT2D eigenvalue weighted by Gasteiger charge is 2.29. The topological polar surface area (TPSA) is 68.3 Å². The predicted molar refractivity (Wildman–Crippen MR) is 60.3 cm³/mol. The summed E-state index contributed by atoms with van der Waals surface area (Å²) in [4.78, 5) is 26.5. The van der Waals surface area contributed by atoms with E-state index in [2.05, 4.69) is 26.2 Å². The van der Waals surface area contributed by atoms with Crippen LogP contribution in [0.5, 0.6) is 5.75 Å². The summed E-state index contributed by atoms with van der Waals surface area (Å²) in [5.41, 5.74) is 0. The number of carbonyl (C=O) groups excluding carboxylic acids is 2. The molecule has 5 nitrogen and oxygen atoms in total. The number of Topliss-reactive ketones (excluding diaryl/α,β-unsaturated/α-hetero) is 1. The van der Waals surface area contributed by atoms with Gasteiger partial charge in [0.2, 0.25) is 0 Å². The smallest absolute Gasteiger partial charge is 0.267 e. The Bertz CT molecular complexity index is 461. The average Bonchev–Trinajstić information content (AvgIpc) is 2.19. The number of ether oxygens (including phenoxy) is 1. The van der Waals surface area contributed by atoms with Crippen molar-refractivity contribution in [3.05, 3.63) is 16.7 Å². The Morgan fingerprint density at radius 1 is 1.69 bits per heavy atom. The third-order valence-electron chi connectivity index (χ3n) is 2.10. The van der Waals surface area contributed by atoms with Crippen molar-refractivity contribution in [3.8, 4) is 5.75 Å². The molecule has 0 bridgehead atoms. The lowest BCUT2D eigenvalue weighted by molar-refractivity contribution is -0.128. The molecule has 1 aromatic rings. The number of ketones is 1. The summed E-state index contributed by atoms with van der Waals surface area (Å²) in [6.45, 7) is 1.42. The van der Waals surface area contributed by atoms with Gasteiger partial charge >= 0.3 is 0 Å². The van der Waals surface area contributed by atoms with Gasteiger partial charge in [-0.1, -0.05) is 0 Å². The molecule has 0 fully saturated rings. The molecule has 2 heterocycles. The minimum atomic E-state index is -0.763. The van der Waals surface area contributed by atoms with Crippen LogP contribution < -0.4 is 10.1 Å². The van der Waals surface area contributed by atoms with E-state index in [1.165, 1.54) is 6.92 Å². The summed E-state index contributed by atoms with van der Waals surface area (Å²) in [6, 6.07) is 1.70. The van der Waals surface area contributed by atoms with Crippen LogP contribution in [0.2, 0.25) is 0 Å². The predicted octanol–water partition coefficient (Wildman–Crippen LogP) is 1.52. The molecule has 84 valence electrons. The maximum Gasteiger partial charge on any atom is 0.267 e. The Morgan fingerprint density at radius 2 is 2.44 bits per heavy atom. The lowest BCUT2D eigenvalue weighted by atomic mass is 10.1. The van der Waals surface area contributed by atoms with Crippen molar-refractivity contribution in [2.24, 2.45) is 0 Å². The number of fused-ring (bicyclic) bond motifs is 1. The minimum absolute atomic E-state index is 0.0672. The maximum atomic E-state index is 11.5. The van der Waals surface area contributed by atoms with Crippen molar-refractivity contribution in [3.63, 3.8) is 0 Å². The molecule has 1 N–H and O–H groups in total. The summed E-state index contributed by atoms with van der Waals surface area (Å²) in [7, 11) is 0. The van der Waals surface area contributed by atoms with E-state index in [1.807, 2.05) is 0 Å². The summed E-state index contributed by atoms with van der Waals surface area (Å²) >= 11 is 3.25. The molecular formula is C10H9BrN2O3. The van der Waals surface area contributed by atoms with Gasteiger partial charge in [-0.2, -0.15) is 0 Å². The molecule has 1 aliphatic heterocycles. The van der Waals surface area contributed by atoms with Gasteiger partial charge in [-0.15, -0.1) is 0 Å². The van der Waals surface area contributed by atoms with Crippen molar-refractivity contribution in [2.45, 2.75) is 19.4 Å². The van der Waals surface area contributed by atoms with E-state index in [9.17, 15) is 9.59 Å². The molecular weight excluding hydrogens is 276 g/mol. The molecule has 6 heteroatoms. The average molecular weight is 285 g/mol. The van der Waals surface area contributed by atoms with Crippen LogP contribution in [0, 0.1) is 0 Å². The molecule has 0 spiro atoms. The van der Waals surface area contributed by atoms with Gasteiger partial charge in [0.05, 0.1) is 6.42 Å². The Labute approximate surface area is 100 Å². The molecule has 1 unspecified atom stereocenters. The zero-order valence-corrected chi connectivity index (χ0v) is 10.1. The van der Waals surface area contributed by atoms with E-state index in [-0.39, 0.29) is 18.1 Å². The Morgan fingerprint density at radius 3 is 3.12 bits per heavy atom. The Hall–Kier alpha value is -1.43. The number of amides is 1. The Balaban J connectivity index is 2.26. The molecule has 2 rings (SSSR count). The van der Waals surface area contributed by atoms with Crippen LogP contribution in [0.25, 0.3) is 0 Å². The van der Waals surface area contributed by atoms with Gasteiger partial charge in [-0.25, -0.2) is 4.98 Å². The van der Waals surface area contributed by atoms with Crippen LogP contribution in [-0.4, -0.2) is 22.8 Å². The molecule has 1 aromatic heterocycles. The van der Waals surface area contributed by atoms with Crippen molar-refractivity contribution in [2.75, 3.05) is 5.32 Å². The second-order valence-corrected chi connectivity index (χ2v) is 4.42. The second kappa shape index (κ2) is 4.21. The lowest BCUT2D eigenvalue weighted by Crippen LogP contribution is -2.38. The highest BCUT2D eigenvalue weighted by molar-refractivity contribution is 9.10. The first kappa shape index (κ1) is 11.1. The number of rotatable bonds is 2. The van der Waals surface area contributed by atoms with E-state index < -0.39 is 6.10 Å². The number of nitrogens with zero attached hydrogens (tertiary/aromatic N) is 1. The SMILES string of the molecule is CC(=O)CC1Oc2cc(Br)cnc2NC1=O. The van der Waals surface area contributed by atoms with Gasteiger partial charge in [0.25, 0.3) is 5.91 Å². The number of hydrogen-bond acceptors (Lipinski definition) is 4. The van der Waals surface area contributed by atoms with Gasteiger partial charge in [-0.3, -0.25) is 9.59 Å². The number of halogens is 1. The first-order valence-electron chi connectivity index (χ1n) is 4.69. The molecule has 1 aliphatic rings. The van der Waals surface area contributed by atoms with Gasteiger partial charge in [0.15, 0.2) is 17.7 Å². The summed E-state index contributed by atoms with van der Waals surface area (Å²) in [5.74, 6) is 0.428. The molecule has 0 aliphatic carbocycles. The fourth-order valence-electron chi connectivity index (χ4n) is 1.40. The standard InChI is InChI=1S/C10H9BrN2O3/c1-5(14)2-8-10(15)13-9-7(16-8)3-6(11)4-12-9/h3-4,8H,2H2,1H3,(H,12,13,15). The largest absolute Gasteiger partial charge is 0.476 e. The molecule has 0 aromatic carbocycles. The van der Waals surface area contributed by atoms with Gasteiger partial charge in [0, 0.05) is 10.7 Å². The van der Waals surface area contributed by atoms with Crippen molar-refractivity contribution in [1.82, 2.24) is 4.98 Å². The number of nitrogens with one attached hydrogen (secondary N) is 1. The van der Waals surface area contributed by atoms with Crippen LogP contribution in [0.4, 0.5) is 5.82 Å². The van der Waals surface area contributed by atoms with E-state index in [4.69, 9.17) is 4.74 Å². The molecule has 0 radical (unpaired) electrons. The zero-order chi connectivity index (χ0) is 11.7. The normalized spacial score (nSPS) is 18.4. The summed E-state index contributed by atoms with van der Waals surface area (Å²) in [6.07, 6.45) is 0.868. The van der Waals surface area contributed by atoms with E-state index in [0.29, 0.717) is 11.6 Å². The number of aromatic nitrogens is 1. The van der Waals surface area contributed by atoms with Crippen molar-refractivity contribution >= 4 is 33.4 Å². The quantitative estimate of drug-likeness (QED) is 0.894. The van der Waals surface area contributed by atoms with E-state index in [1.54, 1.807) is 12.3 Å². The molecule has 1 amide bonds. The van der Waals surface area contributed by atoms with Crippen molar-refractivity contribution in [1.29, 1.82) is 0 Å². The first-order chi connectivity index (χ1) is 7.56. The second-order valence-electron chi connectivity index (χ2n) is 3.50. The molecule has 0 saturated carbocycles. The minimum Gasteiger partial charge on any atom is -0.476 e. The summed E-state index contributed by atoms with van der Waals surface area (Å²) in [5, 5.41) is 2.59. The van der Waals surface area contributed by atoms with Crippen LogP contribution in [0.15, 0.2) is 16.7 Å². The van der Waals surface area contributed by atoms with Crippen molar-refractivity contribution < 1.29 is 14.3 Å². The van der Waals surface area contributed by atoms with Crippen LogP contribution >= 0.6 is 15.9 Å². The first-order valence-corrected chi connectivity index (χ1v) is 5.48. The number of hydrogen-bond donors (Lipinski definition) is 1. The van der Waals surface area contributed by atoms with Crippen LogP contribution in [0.1, 0.15) is 13.3 Å². The van der Waals surface area contributed by atoms with Gasteiger partial charge in [-0.05, 0) is 28.9 Å². The van der Waals surface area contributed by atoms with Gasteiger partial charge < -0.3 is 10.1 Å².